The molecule has 0 atom stereocenters. The summed E-state index contributed by atoms with van der Waals surface area (Å²) >= 11 is 1.74. The van der Waals surface area contributed by atoms with E-state index < -0.39 is 0 Å². The molecule has 0 aliphatic carbocycles. The van der Waals surface area contributed by atoms with Crippen LogP contribution in [0.5, 0.6) is 11.5 Å². The first-order valence-electron chi connectivity index (χ1n) is 7.00. The van der Waals surface area contributed by atoms with Gasteiger partial charge in [0.25, 0.3) is 0 Å². The number of nitrogens with one attached hydrogen (secondary N) is 1. The van der Waals surface area contributed by atoms with E-state index in [0.717, 1.165) is 18.5 Å². The van der Waals surface area contributed by atoms with Crippen LogP contribution in [0.2, 0.25) is 0 Å². The van der Waals surface area contributed by atoms with Crippen molar-refractivity contribution in [2.24, 2.45) is 10.7 Å². The molecule has 0 spiro atoms. The lowest BCUT2D eigenvalue weighted by Crippen LogP contribution is -2.33. The predicted octanol–water partition coefficient (Wildman–Crippen LogP) is 3.03. The number of halogens is 1. The average molecular weight is 447 g/mol. The Balaban J connectivity index is 0.00000264. The van der Waals surface area contributed by atoms with E-state index in [9.17, 15) is 0 Å². The highest BCUT2D eigenvalue weighted by atomic mass is 127. The van der Waals surface area contributed by atoms with Crippen LogP contribution in [0.3, 0.4) is 0 Å². The molecule has 7 heteroatoms. The minimum absolute atomic E-state index is 0. The summed E-state index contributed by atoms with van der Waals surface area (Å²) in [6.07, 6.45) is 0.941. The summed E-state index contributed by atoms with van der Waals surface area (Å²) in [6, 6.07) is 9.87. The van der Waals surface area contributed by atoms with Crippen molar-refractivity contribution in [2.75, 3.05) is 20.8 Å². The Bertz CT molecular complexity index is 618. The van der Waals surface area contributed by atoms with Gasteiger partial charge >= 0.3 is 0 Å². The van der Waals surface area contributed by atoms with Crippen molar-refractivity contribution in [3.05, 3.63) is 46.2 Å². The molecule has 5 nitrogen and oxygen atoms in total. The lowest BCUT2D eigenvalue weighted by Gasteiger charge is -2.11. The van der Waals surface area contributed by atoms with E-state index in [1.165, 1.54) is 4.88 Å². The van der Waals surface area contributed by atoms with E-state index in [-0.39, 0.29) is 24.0 Å². The highest BCUT2D eigenvalue weighted by molar-refractivity contribution is 14.0. The largest absolute Gasteiger partial charge is 0.493 e. The maximum Gasteiger partial charge on any atom is 0.188 e. The van der Waals surface area contributed by atoms with Crippen LogP contribution in [0.25, 0.3) is 0 Å². The second kappa shape index (κ2) is 10.3. The third-order valence-electron chi connectivity index (χ3n) is 3.16. The van der Waals surface area contributed by atoms with Gasteiger partial charge in [-0.1, -0.05) is 18.2 Å². The van der Waals surface area contributed by atoms with E-state index in [4.69, 9.17) is 15.2 Å². The van der Waals surface area contributed by atoms with Crippen LogP contribution in [0.1, 0.15) is 10.4 Å². The molecule has 0 bridgehead atoms. The van der Waals surface area contributed by atoms with E-state index in [2.05, 4.69) is 21.8 Å². The molecule has 126 valence electrons. The number of methoxy groups -OCH3 is 2. The van der Waals surface area contributed by atoms with Gasteiger partial charge in [-0.15, -0.1) is 35.3 Å². The SMILES string of the molecule is COc1cccc(CN=C(N)NCCc2cccs2)c1OC.I. The molecule has 23 heavy (non-hydrogen) atoms. The lowest BCUT2D eigenvalue weighted by molar-refractivity contribution is 0.352. The number of nitrogens with two attached hydrogens (primary N) is 1. The minimum Gasteiger partial charge on any atom is -0.493 e. The minimum atomic E-state index is 0. The Labute approximate surface area is 157 Å². The molecule has 0 saturated carbocycles. The molecule has 0 saturated heterocycles. The zero-order valence-corrected chi connectivity index (χ0v) is 16.4. The molecule has 0 amide bonds. The normalized spacial score (nSPS) is 10.8. The quantitative estimate of drug-likeness (QED) is 0.389. The van der Waals surface area contributed by atoms with Gasteiger partial charge in [-0.3, -0.25) is 0 Å². The Morgan fingerprint density at radius 1 is 1.22 bits per heavy atom. The van der Waals surface area contributed by atoms with Gasteiger partial charge in [0.15, 0.2) is 17.5 Å². The molecule has 0 fully saturated rings. The first-order valence-corrected chi connectivity index (χ1v) is 7.88. The van der Waals surface area contributed by atoms with Crippen LogP contribution in [0.15, 0.2) is 40.7 Å². The number of ether oxygens (including phenoxy) is 2. The zero-order chi connectivity index (χ0) is 15.8. The van der Waals surface area contributed by atoms with Crippen LogP contribution in [0.4, 0.5) is 0 Å². The molecule has 3 N–H and O–H groups in total. The second-order valence-corrected chi connectivity index (χ2v) is 5.64. The number of hydrogen-bond acceptors (Lipinski definition) is 4. The Hall–Kier alpha value is -1.48. The predicted molar refractivity (Wildman–Crippen MR) is 106 cm³/mol. The van der Waals surface area contributed by atoms with Gasteiger partial charge in [0, 0.05) is 17.0 Å². The van der Waals surface area contributed by atoms with Crippen LogP contribution in [-0.4, -0.2) is 26.7 Å². The Morgan fingerprint density at radius 3 is 2.70 bits per heavy atom. The van der Waals surface area contributed by atoms with Gasteiger partial charge < -0.3 is 20.5 Å². The van der Waals surface area contributed by atoms with Crippen LogP contribution < -0.4 is 20.5 Å². The van der Waals surface area contributed by atoms with E-state index in [1.807, 2.05) is 24.3 Å². The average Bonchev–Trinajstić information content (AvgIpc) is 3.05. The molecule has 0 radical (unpaired) electrons. The molecule has 0 aliphatic heterocycles. The Morgan fingerprint density at radius 2 is 2.04 bits per heavy atom. The number of aliphatic imine (C=N–C) groups is 1. The molecule has 2 rings (SSSR count). The number of rotatable bonds is 7. The standard InChI is InChI=1S/C16H21N3O2S.HI/c1-20-14-7-3-5-12(15(14)21-2)11-19-16(17)18-9-8-13-6-4-10-22-13;/h3-7,10H,8-9,11H2,1-2H3,(H3,17,18,19);1H. The number of benzene rings is 1. The molecule has 1 aromatic carbocycles. The summed E-state index contributed by atoms with van der Waals surface area (Å²) in [7, 11) is 3.24. The van der Waals surface area contributed by atoms with Crippen molar-refractivity contribution < 1.29 is 9.47 Å². The van der Waals surface area contributed by atoms with E-state index in [1.54, 1.807) is 25.6 Å². The van der Waals surface area contributed by atoms with Gasteiger partial charge in [-0.05, 0) is 23.9 Å². The summed E-state index contributed by atoms with van der Waals surface area (Å²) in [5, 5.41) is 5.19. The van der Waals surface area contributed by atoms with Crippen LogP contribution in [-0.2, 0) is 13.0 Å². The third-order valence-corrected chi connectivity index (χ3v) is 4.10. The van der Waals surface area contributed by atoms with Crippen molar-refractivity contribution in [1.82, 2.24) is 5.32 Å². The summed E-state index contributed by atoms with van der Waals surface area (Å²) in [5.74, 6) is 1.82. The topological polar surface area (TPSA) is 68.9 Å². The zero-order valence-electron chi connectivity index (χ0n) is 13.2. The molecular formula is C16H22IN3O2S. The number of para-hydroxylation sites is 1. The number of thiophene rings is 1. The molecule has 1 heterocycles. The summed E-state index contributed by atoms with van der Waals surface area (Å²) in [4.78, 5) is 5.68. The number of nitrogens with zero attached hydrogens (tertiary/aromatic N) is 1. The smallest absolute Gasteiger partial charge is 0.188 e. The van der Waals surface area contributed by atoms with Crippen LogP contribution in [0, 0.1) is 0 Å². The van der Waals surface area contributed by atoms with Gasteiger partial charge in [0.2, 0.25) is 0 Å². The second-order valence-electron chi connectivity index (χ2n) is 4.61. The van der Waals surface area contributed by atoms with Crippen molar-refractivity contribution >= 4 is 41.3 Å². The first kappa shape index (κ1) is 19.6. The fourth-order valence-electron chi connectivity index (χ4n) is 2.07. The van der Waals surface area contributed by atoms with Crippen molar-refractivity contribution in [3.8, 4) is 11.5 Å². The summed E-state index contributed by atoms with van der Waals surface area (Å²) in [6.45, 7) is 1.21. The van der Waals surface area contributed by atoms with E-state index in [0.29, 0.717) is 24.0 Å². The summed E-state index contributed by atoms with van der Waals surface area (Å²) < 4.78 is 10.6. The molecule has 0 aliphatic rings. The lowest BCUT2D eigenvalue weighted by atomic mass is 10.2. The van der Waals surface area contributed by atoms with Gasteiger partial charge in [0.05, 0.1) is 20.8 Å². The highest BCUT2D eigenvalue weighted by Crippen LogP contribution is 2.30. The molecule has 2 aromatic rings. The first-order chi connectivity index (χ1) is 10.7. The third kappa shape index (κ3) is 5.91. The van der Waals surface area contributed by atoms with Crippen molar-refractivity contribution in [3.63, 3.8) is 0 Å². The van der Waals surface area contributed by atoms with Crippen molar-refractivity contribution in [2.45, 2.75) is 13.0 Å². The fourth-order valence-corrected chi connectivity index (χ4v) is 2.78. The molecular weight excluding hydrogens is 425 g/mol. The number of guanidine groups is 1. The monoisotopic (exact) mass is 447 g/mol. The highest BCUT2D eigenvalue weighted by Gasteiger charge is 2.08. The van der Waals surface area contributed by atoms with Gasteiger partial charge in [0.1, 0.15) is 0 Å². The maximum absolute atomic E-state index is 5.89. The Kier molecular flexibility index (Phi) is 8.78. The van der Waals surface area contributed by atoms with Crippen molar-refractivity contribution in [1.29, 1.82) is 0 Å². The summed E-state index contributed by atoms with van der Waals surface area (Å²) in [5.41, 5.74) is 6.83. The number of hydrogen-bond donors (Lipinski definition) is 2. The fraction of sp³-hybridized carbons (Fsp3) is 0.312. The van der Waals surface area contributed by atoms with Gasteiger partial charge in [-0.2, -0.15) is 0 Å². The van der Waals surface area contributed by atoms with Gasteiger partial charge in [-0.25, -0.2) is 4.99 Å². The molecule has 1 aromatic heterocycles. The van der Waals surface area contributed by atoms with E-state index >= 15 is 0 Å². The molecule has 0 unspecified atom stereocenters. The maximum atomic E-state index is 5.89. The van der Waals surface area contributed by atoms with Crippen LogP contribution >= 0.6 is 35.3 Å².